The first-order valence-corrected chi connectivity index (χ1v) is 8.15. The van der Waals surface area contributed by atoms with Crippen LogP contribution in [0.3, 0.4) is 0 Å². The maximum absolute atomic E-state index is 12.5. The zero-order valence-corrected chi connectivity index (χ0v) is 13.6. The lowest BCUT2D eigenvalue weighted by Crippen LogP contribution is -2.43. The van der Waals surface area contributed by atoms with Crippen molar-refractivity contribution in [2.24, 2.45) is 0 Å². The Morgan fingerprint density at radius 3 is 2.43 bits per heavy atom. The van der Waals surface area contributed by atoms with Crippen LogP contribution in [-0.4, -0.2) is 14.3 Å². The SMILES string of the molecule is CCCCCCCn1nc(N)c(=O)n(Cc2ccccc2)c1=O. The Morgan fingerprint density at radius 2 is 1.74 bits per heavy atom. The molecule has 2 rings (SSSR count). The molecule has 0 fully saturated rings. The van der Waals surface area contributed by atoms with E-state index >= 15 is 0 Å². The predicted octanol–water partition coefficient (Wildman–Crippen LogP) is 2.01. The Kier molecular flexibility index (Phi) is 6.14. The van der Waals surface area contributed by atoms with E-state index in [1.807, 2.05) is 30.3 Å². The van der Waals surface area contributed by atoms with E-state index in [1.165, 1.54) is 17.5 Å². The molecular formula is C17H24N4O2. The minimum Gasteiger partial charge on any atom is -0.378 e. The van der Waals surface area contributed by atoms with Crippen molar-refractivity contribution >= 4 is 5.82 Å². The largest absolute Gasteiger partial charge is 0.378 e. The first-order valence-electron chi connectivity index (χ1n) is 8.15. The summed E-state index contributed by atoms with van der Waals surface area (Å²) in [4.78, 5) is 24.6. The van der Waals surface area contributed by atoms with Crippen LogP contribution in [0.15, 0.2) is 39.9 Å². The third-order valence-electron chi connectivity index (χ3n) is 3.80. The van der Waals surface area contributed by atoms with Gasteiger partial charge in [0.2, 0.25) is 5.82 Å². The fraction of sp³-hybridized carbons (Fsp3) is 0.471. The number of nitrogens with zero attached hydrogens (tertiary/aromatic N) is 3. The monoisotopic (exact) mass is 316 g/mol. The Labute approximate surface area is 135 Å². The number of nitrogens with two attached hydrogens (primary N) is 1. The average Bonchev–Trinajstić information content (AvgIpc) is 2.57. The van der Waals surface area contributed by atoms with E-state index in [2.05, 4.69) is 12.0 Å². The normalized spacial score (nSPS) is 10.8. The van der Waals surface area contributed by atoms with Gasteiger partial charge in [-0.15, -0.1) is 5.10 Å². The van der Waals surface area contributed by atoms with Crippen LogP contribution < -0.4 is 17.0 Å². The number of benzene rings is 1. The summed E-state index contributed by atoms with van der Waals surface area (Å²) in [7, 11) is 0. The molecule has 0 amide bonds. The summed E-state index contributed by atoms with van der Waals surface area (Å²) in [6.07, 6.45) is 5.41. The molecule has 1 heterocycles. The molecule has 0 radical (unpaired) electrons. The van der Waals surface area contributed by atoms with Gasteiger partial charge in [-0.25, -0.2) is 9.48 Å². The molecule has 23 heavy (non-hydrogen) atoms. The summed E-state index contributed by atoms with van der Waals surface area (Å²) in [5.74, 6) is -0.130. The molecule has 2 aromatic rings. The highest BCUT2D eigenvalue weighted by Crippen LogP contribution is 2.03. The summed E-state index contributed by atoms with van der Waals surface area (Å²) in [6.45, 7) is 2.86. The van der Waals surface area contributed by atoms with Crippen LogP contribution in [0.4, 0.5) is 5.82 Å². The van der Waals surface area contributed by atoms with E-state index in [4.69, 9.17) is 5.73 Å². The third kappa shape index (κ3) is 4.55. The van der Waals surface area contributed by atoms with Gasteiger partial charge in [-0.05, 0) is 12.0 Å². The predicted molar refractivity (Wildman–Crippen MR) is 91.5 cm³/mol. The van der Waals surface area contributed by atoms with Gasteiger partial charge in [0.1, 0.15) is 0 Å². The molecule has 0 unspecified atom stereocenters. The van der Waals surface area contributed by atoms with Crippen molar-refractivity contribution in [2.75, 3.05) is 5.73 Å². The highest BCUT2D eigenvalue weighted by atomic mass is 16.2. The van der Waals surface area contributed by atoms with Gasteiger partial charge in [-0.2, -0.15) is 0 Å². The molecule has 1 aromatic heterocycles. The molecule has 0 bridgehead atoms. The number of nitrogen functional groups attached to an aromatic ring is 1. The molecule has 0 atom stereocenters. The van der Waals surface area contributed by atoms with Gasteiger partial charge in [0.05, 0.1) is 6.54 Å². The number of unbranched alkanes of at least 4 members (excludes halogenated alkanes) is 4. The van der Waals surface area contributed by atoms with Crippen molar-refractivity contribution in [3.63, 3.8) is 0 Å². The first kappa shape index (κ1) is 17.0. The van der Waals surface area contributed by atoms with Crippen LogP contribution in [0, 0.1) is 0 Å². The highest BCUT2D eigenvalue weighted by molar-refractivity contribution is 5.22. The van der Waals surface area contributed by atoms with Crippen molar-refractivity contribution in [3.8, 4) is 0 Å². The summed E-state index contributed by atoms with van der Waals surface area (Å²) in [5, 5.41) is 3.94. The molecule has 2 N–H and O–H groups in total. The Bertz CT molecular complexity index is 734. The van der Waals surface area contributed by atoms with E-state index < -0.39 is 11.2 Å². The van der Waals surface area contributed by atoms with Gasteiger partial charge in [0, 0.05) is 6.54 Å². The third-order valence-corrected chi connectivity index (χ3v) is 3.80. The topological polar surface area (TPSA) is 82.9 Å². The van der Waals surface area contributed by atoms with Crippen LogP contribution in [0.2, 0.25) is 0 Å². The fourth-order valence-corrected chi connectivity index (χ4v) is 2.50. The van der Waals surface area contributed by atoms with Crippen LogP contribution in [0.25, 0.3) is 0 Å². The van der Waals surface area contributed by atoms with E-state index in [9.17, 15) is 9.59 Å². The van der Waals surface area contributed by atoms with Gasteiger partial charge >= 0.3 is 5.69 Å². The first-order chi connectivity index (χ1) is 11.1. The second-order valence-electron chi connectivity index (χ2n) is 5.68. The molecule has 0 saturated heterocycles. The quantitative estimate of drug-likeness (QED) is 0.755. The van der Waals surface area contributed by atoms with Crippen molar-refractivity contribution in [2.45, 2.75) is 52.1 Å². The summed E-state index contributed by atoms with van der Waals surface area (Å²) in [5.41, 5.74) is 5.65. The fourth-order valence-electron chi connectivity index (χ4n) is 2.50. The lowest BCUT2D eigenvalue weighted by molar-refractivity contribution is 0.476. The zero-order chi connectivity index (χ0) is 16.7. The second kappa shape index (κ2) is 8.31. The summed E-state index contributed by atoms with van der Waals surface area (Å²) in [6, 6.07) is 9.38. The van der Waals surface area contributed by atoms with Crippen molar-refractivity contribution < 1.29 is 0 Å². The van der Waals surface area contributed by atoms with Crippen molar-refractivity contribution in [3.05, 3.63) is 56.7 Å². The van der Waals surface area contributed by atoms with Gasteiger partial charge < -0.3 is 5.73 Å². The van der Waals surface area contributed by atoms with E-state index in [1.54, 1.807) is 0 Å². The molecule has 6 heteroatoms. The van der Waals surface area contributed by atoms with Crippen LogP contribution >= 0.6 is 0 Å². The molecule has 0 saturated carbocycles. The number of hydrogen-bond acceptors (Lipinski definition) is 4. The standard InChI is InChI=1S/C17H24N4O2/c1-2-3-4-5-9-12-21-17(23)20(16(22)15(18)19-21)13-14-10-7-6-8-11-14/h6-8,10-11H,2-5,9,12-13H2,1H3,(H2,18,19). The van der Waals surface area contributed by atoms with E-state index in [-0.39, 0.29) is 12.4 Å². The molecule has 6 nitrogen and oxygen atoms in total. The minimum absolute atomic E-state index is 0.130. The highest BCUT2D eigenvalue weighted by Gasteiger charge is 2.11. The number of aryl methyl sites for hydroxylation is 1. The van der Waals surface area contributed by atoms with Crippen molar-refractivity contribution in [1.29, 1.82) is 0 Å². The molecular weight excluding hydrogens is 292 g/mol. The Morgan fingerprint density at radius 1 is 1.04 bits per heavy atom. The van der Waals surface area contributed by atoms with Gasteiger partial charge in [-0.1, -0.05) is 62.9 Å². The number of hydrogen-bond donors (Lipinski definition) is 1. The summed E-state index contributed by atoms with van der Waals surface area (Å²) < 4.78 is 2.47. The van der Waals surface area contributed by atoms with E-state index in [0.29, 0.717) is 6.54 Å². The molecule has 0 spiro atoms. The lowest BCUT2D eigenvalue weighted by atomic mass is 10.1. The van der Waals surface area contributed by atoms with Crippen LogP contribution in [0.1, 0.15) is 44.6 Å². The smallest absolute Gasteiger partial charge is 0.347 e. The van der Waals surface area contributed by atoms with Gasteiger partial charge in [0.25, 0.3) is 5.56 Å². The number of anilines is 1. The second-order valence-corrected chi connectivity index (χ2v) is 5.68. The van der Waals surface area contributed by atoms with Crippen LogP contribution in [0.5, 0.6) is 0 Å². The number of rotatable bonds is 8. The minimum atomic E-state index is -0.527. The number of aromatic nitrogens is 3. The maximum atomic E-state index is 12.5. The Balaban J connectivity index is 2.18. The van der Waals surface area contributed by atoms with Crippen LogP contribution in [-0.2, 0) is 13.1 Å². The molecule has 1 aromatic carbocycles. The molecule has 0 aliphatic rings. The van der Waals surface area contributed by atoms with Crippen molar-refractivity contribution in [1.82, 2.24) is 14.3 Å². The van der Waals surface area contributed by atoms with E-state index in [0.717, 1.165) is 29.4 Å². The zero-order valence-electron chi connectivity index (χ0n) is 13.6. The molecule has 0 aliphatic heterocycles. The maximum Gasteiger partial charge on any atom is 0.347 e. The molecule has 0 aliphatic carbocycles. The Hall–Kier alpha value is -2.37. The lowest BCUT2D eigenvalue weighted by Gasteiger charge is -2.10. The van der Waals surface area contributed by atoms with Gasteiger partial charge in [-0.3, -0.25) is 9.36 Å². The molecule has 124 valence electrons. The van der Waals surface area contributed by atoms with Gasteiger partial charge in [0.15, 0.2) is 0 Å². The summed E-state index contributed by atoms with van der Waals surface area (Å²) >= 11 is 0. The average molecular weight is 316 g/mol.